The molecule has 0 unspecified atom stereocenters. The average molecular weight is 656 g/mol. The van der Waals surface area contributed by atoms with E-state index in [0.29, 0.717) is 57.9 Å². The lowest BCUT2D eigenvalue weighted by atomic mass is 9.85. The maximum atomic E-state index is 17.1. The third-order valence-electron chi connectivity index (χ3n) is 9.68. The number of methoxy groups -OCH3 is 1. The Morgan fingerprint density at radius 1 is 1.15 bits per heavy atom. The molecule has 2 N–H and O–H groups in total. The molecule has 254 valence electrons. The summed E-state index contributed by atoms with van der Waals surface area (Å²) in [6.45, 7) is 7.73. The van der Waals surface area contributed by atoms with Crippen molar-refractivity contribution >= 4 is 23.5 Å². The first kappa shape index (κ1) is 34.4. The van der Waals surface area contributed by atoms with Crippen LogP contribution in [0.25, 0.3) is 0 Å². The number of ether oxygens (including phenoxy) is 1. The summed E-state index contributed by atoms with van der Waals surface area (Å²) >= 11 is 0. The van der Waals surface area contributed by atoms with E-state index in [-0.39, 0.29) is 36.1 Å². The number of carbonyl (C=O) groups excluding carboxylic acids is 1. The number of aliphatic carboxylic acids is 1. The molecule has 0 bridgehead atoms. The molecule has 0 radical (unpaired) electrons. The molecule has 2 saturated heterocycles. The fraction of sp³-hybridized carbons (Fsp3) is 0.514. The topological polar surface area (TPSA) is 99.9 Å². The van der Waals surface area contributed by atoms with Crippen molar-refractivity contribution in [1.82, 2.24) is 14.5 Å². The van der Waals surface area contributed by atoms with Crippen molar-refractivity contribution in [2.45, 2.75) is 70.2 Å². The third kappa shape index (κ3) is 7.81. The number of nitrogens with one attached hydrogen (secondary N) is 1. The number of carboxylic acids is 1. The van der Waals surface area contributed by atoms with Gasteiger partial charge in [-0.1, -0.05) is 18.2 Å². The second kappa shape index (κ2) is 14.1. The number of nitrogens with zero attached hydrogens (tertiary/aromatic N) is 4. The molecule has 2 aromatic carbocycles. The molecule has 5 rings (SSSR count). The van der Waals surface area contributed by atoms with E-state index in [9.17, 15) is 19.1 Å². The zero-order valence-corrected chi connectivity index (χ0v) is 27.4. The molecule has 0 saturated carbocycles. The molecule has 3 heterocycles. The summed E-state index contributed by atoms with van der Waals surface area (Å²) in [5, 5.41) is 12.1. The van der Waals surface area contributed by atoms with Gasteiger partial charge in [-0.15, -0.1) is 0 Å². The van der Waals surface area contributed by atoms with Gasteiger partial charge in [-0.05, 0) is 81.8 Å². The van der Waals surface area contributed by atoms with Crippen LogP contribution in [0, 0.1) is 24.5 Å². The van der Waals surface area contributed by atoms with E-state index in [1.165, 1.54) is 12.3 Å². The van der Waals surface area contributed by atoms with Crippen LogP contribution < -0.4 is 10.2 Å². The molecule has 0 aliphatic carbocycles. The van der Waals surface area contributed by atoms with E-state index >= 15 is 8.78 Å². The Morgan fingerprint density at radius 2 is 1.89 bits per heavy atom. The molecular weight excluding hydrogens is 611 g/mol. The SMILES string of the molecule is COC(C)(C)CCCN1C[C@@H](c2ccc(F)cc2F)[C@](F)(C(=O)Nc2nccn2Cc2ccc(C)cc2N2CCC(C(=O)O)CC2)C1. The van der Waals surface area contributed by atoms with Crippen LogP contribution >= 0.6 is 0 Å². The summed E-state index contributed by atoms with van der Waals surface area (Å²) in [5.74, 6) is -4.78. The number of amides is 1. The van der Waals surface area contributed by atoms with E-state index in [4.69, 9.17) is 4.74 Å². The van der Waals surface area contributed by atoms with Gasteiger partial charge in [-0.3, -0.25) is 19.8 Å². The Kier molecular flexibility index (Phi) is 10.3. The van der Waals surface area contributed by atoms with Crippen molar-refractivity contribution in [3.05, 3.63) is 77.1 Å². The van der Waals surface area contributed by atoms with Crippen molar-refractivity contribution in [2.24, 2.45) is 5.92 Å². The second-order valence-corrected chi connectivity index (χ2v) is 13.4. The molecule has 2 aliphatic rings. The lowest BCUT2D eigenvalue weighted by Crippen LogP contribution is -2.45. The Bertz CT molecular complexity index is 1590. The Hall–Kier alpha value is -3.90. The van der Waals surface area contributed by atoms with Crippen molar-refractivity contribution in [3.63, 3.8) is 0 Å². The van der Waals surface area contributed by atoms with Crippen molar-refractivity contribution in [3.8, 4) is 0 Å². The Morgan fingerprint density at radius 3 is 2.57 bits per heavy atom. The number of halogens is 3. The highest BCUT2D eigenvalue weighted by Crippen LogP contribution is 2.41. The number of benzene rings is 2. The van der Waals surface area contributed by atoms with Gasteiger partial charge in [0, 0.05) is 63.4 Å². The van der Waals surface area contributed by atoms with E-state index in [0.717, 1.165) is 22.9 Å². The molecule has 12 heteroatoms. The number of carbonyl (C=O) groups is 2. The largest absolute Gasteiger partial charge is 0.481 e. The predicted molar refractivity (Wildman–Crippen MR) is 173 cm³/mol. The number of hydrogen-bond donors (Lipinski definition) is 2. The molecule has 2 fully saturated rings. The minimum atomic E-state index is -2.52. The monoisotopic (exact) mass is 655 g/mol. The number of piperidine rings is 1. The highest BCUT2D eigenvalue weighted by Gasteiger charge is 2.54. The van der Waals surface area contributed by atoms with Crippen LogP contribution in [-0.2, 0) is 20.9 Å². The second-order valence-electron chi connectivity index (χ2n) is 13.4. The summed E-state index contributed by atoms with van der Waals surface area (Å²) in [5.41, 5.74) is 0.0222. The van der Waals surface area contributed by atoms with Gasteiger partial charge in [-0.25, -0.2) is 18.2 Å². The van der Waals surface area contributed by atoms with Crippen LogP contribution in [0.1, 0.15) is 62.1 Å². The first-order valence-corrected chi connectivity index (χ1v) is 16.1. The quantitative estimate of drug-likeness (QED) is 0.256. The van der Waals surface area contributed by atoms with Crippen LogP contribution in [0.2, 0.25) is 0 Å². The van der Waals surface area contributed by atoms with Gasteiger partial charge in [0.05, 0.1) is 18.1 Å². The van der Waals surface area contributed by atoms with Gasteiger partial charge in [-0.2, -0.15) is 0 Å². The number of anilines is 2. The van der Waals surface area contributed by atoms with Gasteiger partial charge in [0.1, 0.15) is 11.6 Å². The van der Waals surface area contributed by atoms with Gasteiger partial charge in [0.25, 0.3) is 5.91 Å². The molecule has 0 spiro atoms. The van der Waals surface area contributed by atoms with Crippen LogP contribution in [0.3, 0.4) is 0 Å². The maximum absolute atomic E-state index is 17.1. The number of imidazole rings is 1. The van der Waals surface area contributed by atoms with Crippen LogP contribution in [0.5, 0.6) is 0 Å². The van der Waals surface area contributed by atoms with Gasteiger partial charge >= 0.3 is 5.97 Å². The molecule has 2 aliphatic heterocycles. The average Bonchev–Trinajstić information content (AvgIpc) is 3.61. The number of likely N-dealkylation sites (tertiary alicyclic amines) is 1. The Labute approximate surface area is 273 Å². The smallest absolute Gasteiger partial charge is 0.306 e. The molecule has 3 aromatic rings. The van der Waals surface area contributed by atoms with Crippen LogP contribution in [0.15, 0.2) is 48.8 Å². The first-order valence-electron chi connectivity index (χ1n) is 16.1. The number of carboxylic acid groups (broad SMARTS) is 1. The molecule has 1 aromatic heterocycles. The summed E-state index contributed by atoms with van der Waals surface area (Å²) in [6, 6.07) is 9.04. The fourth-order valence-corrected chi connectivity index (χ4v) is 6.68. The number of aryl methyl sites for hydroxylation is 1. The minimum Gasteiger partial charge on any atom is -0.481 e. The van der Waals surface area contributed by atoms with E-state index in [2.05, 4.69) is 21.3 Å². The lowest BCUT2D eigenvalue weighted by Gasteiger charge is -2.33. The van der Waals surface area contributed by atoms with Crippen molar-refractivity contribution < 1.29 is 32.6 Å². The number of aromatic nitrogens is 2. The molecule has 1 amide bonds. The third-order valence-corrected chi connectivity index (χ3v) is 9.68. The summed E-state index contributed by atoms with van der Waals surface area (Å²) in [6.07, 6.45) is 5.68. The molecular formula is C35H44F3N5O4. The Balaban J connectivity index is 1.35. The highest BCUT2D eigenvalue weighted by atomic mass is 19.1. The van der Waals surface area contributed by atoms with Gasteiger partial charge < -0.3 is 19.3 Å². The molecule has 47 heavy (non-hydrogen) atoms. The van der Waals surface area contributed by atoms with Crippen molar-refractivity contribution in [1.29, 1.82) is 0 Å². The van der Waals surface area contributed by atoms with Gasteiger partial charge in [0.2, 0.25) is 11.6 Å². The zero-order valence-electron chi connectivity index (χ0n) is 27.4. The number of alkyl halides is 1. The number of hydrogen-bond acceptors (Lipinski definition) is 6. The normalized spacial score (nSPS) is 20.9. The highest BCUT2D eigenvalue weighted by molar-refractivity contribution is 5.97. The van der Waals surface area contributed by atoms with Crippen LogP contribution in [-0.4, -0.2) is 82.5 Å². The standard InChI is InChI=1S/C35H44F3N5O4/c1-23-6-7-25(30(18-23)42-15-10-24(11-16-42)31(44)45)20-43-17-13-39-33(43)40-32(46)35(38)22-41(14-5-12-34(2,3)47-4)21-28(35)27-9-8-26(36)19-29(27)37/h6-9,13,17-19,24,28H,5,10-12,14-16,20-22H2,1-4H3,(H,44,45)(H,39,40,46)/t28-,35-/m0/s1. The van der Waals surface area contributed by atoms with E-state index < -0.39 is 35.1 Å². The lowest BCUT2D eigenvalue weighted by molar-refractivity contribution is -0.142. The fourth-order valence-electron chi connectivity index (χ4n) is 6.68. The van der Waals surface area contributed by atoms with Crippen molar-refractivity contribution in [2.75, 3.05) is 50.1 Å². The van der Waals surface area contributed by atoms with E-state index in [1.54, 1.807) is 22.8 Å². The predicted octanol–water partition coefficient (Wildman–Crippen LogP) is 5.77. The zero-order chi connectivity index (χ0) is 33.9. The summed E-state index contributed by atoms with van der Waals surface area (Å²) in [7, 11) is 1.63. The molecule has 2 atom stereocenters. The van der Waals surface area contributed by atoms with Crippen LogP contribution in [0.4, 0.5) is 24.8 Å². The minimum absolute atomic E-state index is 0.0527. The number of rotatable bonds is 12. The van der Waals surface area contributed by atoms with E-state index in [1.807, 2.05) is 32.9 Å². The maximum Gasteiger partial charge on any atom is 0.306 e. The molecule has 9 nitrogen and oxygen atoms in total. The van der Waals surface area contributed by atoms with Gasteiger partial charge in [0.15, 0.2) is 0 Å². The first-order chi connectivity index (χ1) is 22.3. The summed E-state index contributed by atoms with van der Waals surface area (Å²) < 4.78 is 53.1. The summed E-state index contributed by atoms with van der Waals surface area (Å²) in [4.78, 5) is 33.6.